The van der Waals surface area contributed by atoms with Crippen LogP contribution in [0.1, 0.15) is 6.92 Å². The van der Waals surface area contributed by atoms with Gasteiger partial charge in [0.15, 0.2) is 0 Å². The molecule has 0 aliphatic heterocycles. The van der Waals surface area contributed by atoms with Crippen molar-refractivity contribution >= 4 is 28.4 Å². The lowest BCUT2D eigenvalue weighted by atomic mass is 10.4. The summed E-state index contributed by atoms with van der Waals surface area (Å²) < 4.78 is 0. The predicted octanol–water partition coefficient (Wildman–Crippen LogP) is 2.45. The van der Waals surface area contributed by atoms with Crippen LogP contribution in [-0.4, -0.2) is 5.24 Å². The van der Waals surface area contributed by atoms with E-state index in [-0.39, 0.29) is 0 Å². The maximum Gasteiger partial charge on any atom is 0.245 e. The van der Waals surface area contributed by atoms with Gasteiger partial charge in [0.2, 0.25) is 5.24 Å². The molecule has 0 aromatic carbocycles. The second-order valence-corrected chi connectivity index (χ2v) is 2.12. The molecule has 0 rings (SSSR count). The third-order valence-corrected chi connectivity index (χ3v) is 1.12. The van der Waals surface area contributed by atoms with E-state index in [1.165, 1.54) is 12.2 Å². The second-order valence-electron chi connectivity index (χ2n) is 1.31. The highest BCUT2D eigenvalue weighted by atomic mass is 35.5. The van der Waals surface area contributed by atoms with Gasteiger partial charge in [-0.3, -0.25) is 4.79 Å². The molecule has 0 atom stereocenters. The monoisotopic (exact) mass is 164 g/mol. The van der Waals surface area contributed by atoms with Crippen molar-refractivity contribution in [3.05, 3.63) is 23.3 Å². The zero-order valence-corrected chi connectivity index (χ0v) is 6.41. The van der Waals surface area contributed by atoms with E-state index >= 15 is 0 Å². The Kier molecular flexibility index (Phi) is 4.46. The third-order valence-electron chi connectivity index (χ3n) is 0.649. The predicted molar refractivity (Wildman–Crippen MR) is 39.6 cm³/mol. The summed E-state index contributed by atoms with van der Waals surface area (Å²) in [6.45, 7) is 1.77. The number of allylic oxidation sites excluding steroid dienone is 4. The van der Waals surface area contributed by atoms with Gasteiger partial charge in [0, 0.05) is 5.03 Å². The van der Waals surface area contributed by atoms with E-state index in [0.717, 1.165) is 0 Å². The zero-order chi connectivity index (χ0) is 7.28. The van der Waals surface area contributed by atoms with Crippen molar-refractivity contribution in [2.24, 2.45) is 0 Å². The lowest BCUT2D eigenvalue weighted by Crippen LogP contribution is -1.73. The fraction of sp³-hybridized carbons (Fsp3) is 0.167. The summed E-state index contributed by atoms with van der Waals surface area (Å²) in [5.74, 6) is 0. The first-order valence-corrected chi connectivity index (χ1v) is 3.11. The van der Waals surface area contributed by atoms with Crippen LogP contribution < -0.4 is 0 Å². The van der Waals surface area contributed by atoms with E-state index in [0.29, 0.717) is 5.03 Å². The van der Waals surface area contributed by atoms with E-state index in [2.05, 4.69) is 0 Å². The number of hydrogen-bond donors (Lipinski definition) is 0. The number of carbonyl (C=O) groups is 1. The molecule has 0 spiro atoms. The average Bonchev–Trinajstić information content (AvgIpc) is 1.83. The molecule has 0 saturated carbocycles. The summed E-state index contributed by atoms with van der Waals surface area (Å²) in [5, 5.41) is -0.0148. The Balaban J connectivity index is 3.86. The molecule has 0 unspecified atom stereocenters. The summed E-state index contributed by atoms with van der Waals surface area (Å²) in [6.07, 6.45) is 4.30. The zero-order valence-electron chi connectivity index (χ0n) is 4.90. The maximum atomic E-state index is 10.1. The van der Waals surface area contributed by atoms with Crippen molar-refractivity contribution in [2.75, 3.05) is 0 Å². The minimum absolute atomic E-state index is 0.504. The van der Waals surface area contributed by atoms with Crippen LogP contribution in [0.15, 0.2) is 23.3 Å². The lowest BCUT2D eigenvalue weighted by Gasteiger charge is -1.80. The molecule has 0 saturated heterocycles. The Morgan fingerprint density at radius 2 is 1.89 bits per heavy atom. The van der Waals surface area contributed by atoms with Gasteiger partial charge in [-0.05, 0) is 30.7 Å². The molecule has 0 aliphatic carbocycles. The fourth-order valence-corrected chi connectivity index (χ4v) is 0.367. The molecule has 0 aromatic rings. The fourth-order valence-electron chi connectivity index (χ4n) is 0.241. The van der Waals surface area contributed by atoms with E-state index < -0.39 is 5.24 Å². The van der Waals surface area contributed by atoms with Crippen molar-refractivity contribution in [1.29, 1.82) is 0 Å². The van der Waals surface area contributed by atoms with Gasteiger partial charge in [-0.15, -0.1) is 0 Å². The van der Waals surface area contributed by atoms with E-state index in [1.807, 2.05) is 0 Å². The SMILES string of the molecule is CC=C(Cl)C=CC(=O)Cl. The minimum Gasteiger partial charge on any atom is -0.276 e. The lowest BCUT2D eigenvalue weighted by molar-refractivity contribution is -0.107. The Morgan fingerprint density at radius 3 is 2.22 bits per heavy atom. The van der Waals surface area contributed by atoms with Gasteiger partial charge >= 0.3 is 0 Å². The van der Waals surface area contributed by atoms with Crippen LogP contribution in [0.4, 0.5) is 0 Å². The van der Waals surface area contributed by atoms with Crippen molar-refractivity contribution in [2.45, 2.75) is 6.92 Å². The first-order chi connectivity index (χ1) is 4.16. The highest BCUT2D eigenvalue weighted by molar-refractivity contribution is 6.66. The molecule has 50 valence electrons. The second kappa shape index (κ2) is 4.59. The highest BCUT2D eigenvalue weighted by Gasteiger charge is 1.84. The van der Waals surface area contributed by atoms with E-state index in [4.69, 9.17) is 23.2 Å². The first-order valence-electron chi connectivity index (χ1n) is 2.36. The largest absolute Gasteiger partial charge is 0.276 e. The molecule has 1 nitrogen and oxygen atoms in total. The molecular formula is C6H6Cl2O. The van der Waals surface area contributed by atoms with Gasteiger partial charge in [-0.25, -0.2) is 0 Å². The van der Waals surface area contributed by atoms with Gasteiger partial charge in [0.25, 0.3) is 0 Å². The molecule has 3 heteroatoms. The van der Waals surface area contributed by atoms with Gasteiger partial charge in [0.05, 0.1) is 0 Å². The smallest absolute Gasteiger partial charge is 0.245 e. The van der Waals surface area contributed by atoms with Crippen molar-refractivity contribution < 1.29 is 4.79 Å². The molecule has 0 amide bonds. The Morgan fingerprint density at radius 1 is 1.33 bits per heavy atom. The molecule has 0 radical (unpaired) electrons. The Labute approximate surface area is 64.0 Å². The van der Waals surface area contributed by atoms with E-state index in [9.17, 15) is 4.79 Å². The molecule has 0 bridgehead atoms. The van der Waals surface area contributed by atoms with Crippen LogP contribution in [0.5, 0.6) is 0 Å². The number of rotatable bonds is 2. The first kappa shape index (κ1) is 8.73. The van der Waals surface area contributed by atoms with Gasteiger partial charge in [-0.1, -0.05) is 17.7 Å². The van der Waals surface area contributed by atoms with Crippen LogP contribution in [0.25, 0.3) is 0 Å². The van der Waals surface area contributed by atoms with Gasteiger partial charge in [-0.2, -0.15) is 0 Å². The number of hydrogen-bond acceptors (Lipinski definition) is 1. The normalized spacial score (nSPS) is 12.6. The summed E-state index contributed by atoms with van der Waals surface area (Å²) in [6, 6.07) is 0. The molecule has 9 heavy (non-hydrogen) atoms. The maximum absolute atomic E-state index is 10.1. The molecule has 0 aromatic heterocycles. The molecule has 0 aliphatic rings. The summed E-state index contributed by atoms with van der Waals surface area (Å²) >= 11 is 10.4. The van der Waals surface area contributed by atoms with Crippen LogP contribution in [-0.2, 0) is 4.79 Å². The van der Waals surface area contributed by atoms with Crippen LogP contribution in [0, 0.1) is 0 Å². The summed E-state index contributed by atoms with van der Waals surface area (Å²) in [4.78, 5) is 10.1. The molecular weight excluding hydrogens is 159 g/mol. The van der Waals surface area contributed by atoms with Crippen LogP contribution in [0.2, 0.25) is 0 Å². The average molecular weight is 165 g/mol. The third kappa shape index (κ3) is 5.60. The Hall–Kier alpha value is -0.270. The topological polar surface area (TPSA) is 17.1 Å². The van der Waals surface area contributed by atoms with Crippen molar-refractivity contribution in [1.82, 2.24) is 0 Å². The minimum atomic E-state index is -0.519. The van der Waals surface area contributed by atoms with E-state index in [1.54, 1.807) is 13.0 Å². The van der Waals surface area contributed by atoms with Crippen molar-refractivity contribution in [3.63, 3.8) is 0 Å². The molecule has 0 fully saturated rings. The summed E-state index contributed by atoms with van der Waals surface area (Å²) in [5.41, 5.74) is 0. The van der Waals surface area contributed by atoms with Crippen molar-refractivity contribution in [3.8, 4) is 0 Å². The number of carbonyl (C=O) groups excluding carboxylic acids is 1. The highest BCUT2D eigenvalue weighted by Crippen LogP contribution is 2.01. The number of halogens is 2. The standard InChI is InChI=1S/C6H6Cl2O/c1-2-5(7)3-4-6(8)9/h2-4H,1H3. The Bertz CT molecular complexity index is 158. The van der Waals surface area contributed by atoms with Gasteiger partial charge < -0.3 is 0 Å². The van der Waals surface area contributed by atoms with Crippen LogP contribution in [0.3, 0.4) is 0 Å². The summed E-state index contributed by atoms with van der Waals surface area (Å²) in [7, 11) is 0. The molecule has 0 heterocycles. The molecule has 0 N–H and O–H groups in total. The van der Waals surface area contributed by atoms with Gasteiger partial charge in [0.1, 0.15) is 0 Å². The quantitative estimate of drug-likeness (QED) is 0.349. The van der Waals surface area contributed by atoms with Crippen LogP contribution >= 0.6 is 23.2 Å².